The van der Waals surface area contributed by atoms with Gasteiger partial charge in [0.25, 0.3) is 0 Å². The highest BCUT2D eigenvalue weighted by molar-refractivity contribution is 14.0. The molecule has 0 bridgehead atoms. The normalized spacial score (nSPS) is 20.5. The fourth-order valence-corrected chi connectivity index (χ4v) is 4.28. The van der Waals surface area contributed by atoms with Crippen molar-refractivity contribution in [3.05, 3.63) is 23.4 Å². The third-order valence-electron chi connectivity index (χ3n) is 5.58. The average molecular weight is 521 g/mol. The predicted molar refractivity (Wildman–Crippen MR) is 129 cm³/mol. The van der Waals surface area contributed by atoms with Crippen LogP contribution < -0.4 is 15.5 Å². The number of aliphatic imine (C=N–C) groups is 1. The molecule has 2 heterocycles. The Labute approximate surface area is 191 Å². The van der Waals surface area contributed by atoms with Gasteiger partial charge in [0.15, 0.2) is 5.96 Å². The summed E-state index contributed by atoms with van der Waals surface area (Å²) in [5, 5.41) is 7.68. The number of rotatable bonds is 7. The van der Waals surface area contributed by atoms with Gasteiger partial charge in [0.1, 0.15) is 5.82 Å². The van der Waals surface area contributed by atoms with Gasteiger partial charge >= 0.3 is 0 Å². The first-order valence-corrected chi connectivity index (χ1v) is 10.7. The number of halogens is 2. The van der Waals surface area contributed by atoms with Crippen LogP contribution in [0.2, 0.25) is 5.02 Å². The Morgan fingerprint density at radius 3 is 2.86 bits per heavy atom. The molecule has 0 radical (unpaired) electrons. The number of hydrogen-bond donors (Lipinski definition) is 2. The Morgan fingerprint density at radius 2 is 2.14 bits per heavy atom. The fraction of sp³-hybridized carbons (Fsp3) is 0.700. The number of nitrogens with one attached hydrogen (secondary N) is 2. The number of hydrogen-bond acceptors (Lipinski definition) is 4. The van der Waals surface area contributed by atoms with Crippen LogP contribution in [0.5, 0.6) is 0 Å². The highest BCUT2D eigenvalue weighted by Crippen LogP contribution is 2.25. The summed E-state index contributed by atoms with van der Waals surface area (Å²) in [6.07, 6.45) is 8.29. The summed E-state index contributed by atoms with van der Waals surface area (Å²) in [4.78, 5) is 13.9. The van der Waals surface area contributed by atoms with E-state index in [9.17, 15) is 0 Å². The van der Waals surface area contributed by atoms with Gasteiger partial charge in [-0.05, 0) is 45.4 Å². The molecule has 0 spiro atoms. The zero-order valence-electron chi connectivity index (χ0n) is 17.0. The minimum atomic E-state index is 0. The maximum absolute atomic E-state index is 6.29. The second-order valence-corrected chi connectivity index (χ2v) is 7.97. The Bertz CT molecular complexity index is 622. The van der Waals surface area contributed by atoms with E-state index in [-0.39, 0.29) is 24.0 Å². The maximum atomic E-state index is 6.29. The van der Waals surface area contributed by atoms with Crippen molar-refractivity contribution in [2.75, 3.05) is 44.7 Å². The monoisotopic (exact) mass is 520 g/mol. The van der Waals surface area contributed by atoms with Crippen LogP contribution in [0.15, 0.2) is 23.3 Å². The minimum absolute atomic E-state index is 0. The molecular formula is C20H34ClIN6. The molecule has 1 aromatic rings. The first kappa shape index (κ1) is 23.5. The molecule has 158 valence electrons. The Morgan fingerprint density at radius 1 is 1.36 bits per heavy atom. The fourth-order valence-electron chi connectivity index (χ4n) is 4.04. The topological polar surface area (TPSA) is 55.8 Å². The van der Waals surface area contributed by atoms with Crippen molar-refractivity contribution in [1.29, 1.82) is 0 Å². The molecule has 1 aliphatic heterocycles. The van der Waals surface area contributed by atoms with Crippen LogP contribution in [-0.4, -0.2) is 67.7 Å². The van der Waals surface area contributed by atoms with Crippen LogP contribution in [0, 0.1) is 0 Å². The lowest BCUT2D eigenvalue weighted by atomic mass is 10.2. The highest BCUT2D eigenvalue weighted by Gasteiger charge is 2.25. The molecule has 1 unspecified atom stereocenters. The zero-order chi connectivity index (χ0) is 19.1. The summed E-state index contributed by atoms with van der Waals surface area (Å²) in [7, 11) is 2.23. The first-order chi connectivity index (χ1) is 13.2. The smallest absolute Gasteiger partial charge is 0.191 e. The van der Waals surface area contributed by atoms with Crippen molar-refractivity contribution in [3.63, 3.8) is 0 Å². The van der Waals surface area contributed by atoms with Crippen LogP contribution in [0.4, 0.5) is 5.82 Å². The van der Waals surface area contributed by atoms with Crippen molar-refractivity contribution in [2.24, 2.45) is 4.99 Å². The Hall–Kier alpha value is -0.800. The highest BCUT2D eigenvalue weighted by atomic mass is 127. The largest absolute Gasteiger partial charge is 0.357 e. The van der Waals surface area contributed by atoms with E-state index in [1.165, 1.54) is 25.7 Å². The molecule has 1 aromatic heterocycles. The quantitative estimate of drug-likeness (QED) is 0.328. The summed E-state index contributed by atoms with van der Waals surface area (Å²) in [5.41, 5.74) is 0. The second-order valence-electron chi connectivity index (χ2n) is 7.56. The Kier molecular flexibility index (Phi) is 10.1. The van der Waals surface area contributed by atoms with E-state index in [2.05, 4.69) is 39.4 Å². The summed E-state index contributed by atoms with van der Waals surface area (Å²) in [5.74, 6) is 1.79. The SMILES string of the molecule is CCNC(=NCCN(C)C1CCCC1)NC1CCN(c2ncccc2Cl)C1.I. The van der Waals surface area contributed by atoms with Crippen LogP contribution in [-0.2, 0) is 0 Å². The van der Waals surface area contributed by atoms with E-state index in [4.69, 9.17) is 16.6 Å². The second kappa shape index (κ2) is 12.0. The summed E-state index contributed by atoms with van der Waals surface area (Å²) >= 11 is 6.29. The molecule has 2 fully saturated rings. The average Bonchev–Trinajstić information content (AvgIpc) is 3.34. The van der Waals surface area contributed by atoms with Crippen molar-refractivity contribution in [3.8, 4) is 0 Å². The third-order valence-corrected chi connectivity index (χ3v) is 5.88. The number of nitrogens with zero attached hydrogens (tertiary/aromatic N) is 4. The molecule has 1 saturated carbocycles. The van der Waals surface area contributed by atoms with Gasteiger partial charge in [-0.25, -0.2) is 4.98 Å². The number of likely N-dealkylation sites (N-methyl/N-ethyl adjacent to an activating group) is 1. The number of guanidine groups is 1. The van der Waals surface area contributed by atoms with Gasteiger partial charge in [0.05, 0.1) is 11.6 Å². The molecule has 1 atom stereocenters. The molecule has 2 N–H and O–H groups in total. The molecule has 2 aliphatic rings. The third kappa shape index (κ3) is 6.62. The standard InChI is InChI=1S/C20H33ClN6.HI/c1-3-22-20(24-12-14-26(2)17-7-4-5-8-17)25-16-10-13-27(15-16)19-18(21)9-6-11-23-19;/h6,9,11,16-17H,3-5,7-8,10,12-15H2,1-2H3,(H2,22,24,25);1H. The van der Waals surface area contributed by atoms with Crippen molar-refractivity contribution in [1.82, 2.24) is 20.5 Å². The molecule has 1 saturated heterocycles. The lowest BCUT2D eigenvalue weighted by Gasteiger charge is -2.23. The van der Waals surface area contributed by atoms with E-state index in [0.717, 1.165) is 57.0 Å². The first-order valence-electron chi connectivity index (χ1n) is 10.3. The summed E-state index contributed by atoms with van der Waals surface area (Å²) < 4.78 is 0. The zero-order valence-corrected chi connectivity index (χ0v) is 20.1. The molecule has 3 rings (SSSR count). The van der Waals surface area contributed by atoms with Gasteiger partial charge < -0.3 is 20.4 Å². The van der Waals surface area contributed by atoms with Crippen molar-refractivity contribution < 1.29 is 0 Å². The van der Waals surface area contributed by atoms with Gasteiger partial charge in [-0.1, -0.05) is 24.4 Å². The molecule has 6 nitrogen and oxygen atoms in total. The lowest BCUT2D eigenvalue weighted by Crippen LogP contribution is -2.45. The van der Waals surface area contributed by atoms with E-state index in [1.54, 1.807) is 6.20 Å². The van der Waals surface area contributed by atoms with E-state index in [0.29, 0.717) is 11.1 Å². The van der Waals surface area contributed by atoms with Crippen LogP contribution in [0.25, 0.3) is 0 Å². The van der Waals surface area contributed by atoms with E-state index in [1.807, 2.05) is 12.1 Å². The van der Waals surface area contributed by atoms with E-state index >= 15 is 0 Å². The van der Waals surface area contributed by atoms with Crippen molar-refractivity contribution in [2.45, 2.75) is 51.1 Å². The van der Waals surface area contributed by atoms with Crippen LogP contribution in [0.3, 0.4) is 0 Å². The van der Waals surface area contributed by atoms with Gasteiger partial charge in [0.2, 0.25) is 0 Å². The molecule has 0 amide bonds. The van der Waals surface area contributed by atoms with Gasteiger partial charge in [-0.3, -0.25) is 4.99 Å². The molecular weight excluding hydrogens is 487 g/mol. The molecule has 28 heavy (non-hydrogen) atoms. The lowest BCUT2D eigenvalue weighted by molar-refractivity contribution is 0.252. The van der Waals surface area contributed by atoms with Gasteiger partial charge in [0, 0.05) is 44.5 Å². The number of aromatic nitrogens is 1. The number of pyridine rings is 1. The predicted octanol–water partition coefficient (Wildman–Crippen LogP) is 3.36. The molecule has 8 heteroatoms. The number of anilines is 1. The molecule has 1 aliphatic carbocycles. The van der Waals surface area contributed by atoms with Gasteiger partial charge in [-0.2, -0.15) is 0 Å². The van der Waals surface area contributed by atoms with Gasteiger partial charge in [-0.15, -0.1) is 24.0 Å². The van der Waals surface area contributed by atoms with Crippen LogP contribution in [0.1, 0.15) is 39.0 Å². The molecule has 0 aromatic carbocycles. The maximum Gasteiger partial charge on any atom is 0.191 e. The summed E-state index contributed by atoms with van der Waals surface area (Å²) in [6, 6.07) is 4.88. The van der Waals surface area contributed by atoms with Crippen LogP contribution >= 0.6 is 35.6 Å². The Balaban J connectivity index is 0.00000280. The van der Waals surface area contributed by atoms with E-state index < -0.39 is 0 Å². The minimum Gasteiger partial charge on any atom is -0.357 e. The summed E-state index contributed by atoms with van der Waals surface area (Å²) in [6.45, 7) is 6.66. The van der Waals surface area contributed by atoms with Crippen molar-refractivity contribution >= 4 is 47.4 Å².